The van der Waals surface area contributed by atoms with E-state index in [0.717, 1.165) is 29.1 Å². The maximum Gasteiger partial charge on any atom is 0.226 e. The lowest BCUT2D eigenvalue weighted by molar-refractivity contribution is -0.120. The Kier molecular flexibility index (Phi) is 8.03. The number of nitrogens with one attached hydrogen (secondary N) is 1. The zero-order valence-corrected chi connectivity index (χ0v) is 17.1. The lowest BCUT2D eigenvalue weighted by atomic mass is 10.2. The highest BCUT2D eigenvalue weighted by molar-refractivity contribution is 7.13. The van der Waals surface area contributed by atoms with Crippen LogP contribution < -0.4 is 5.32 Å². The summed E-state index contributed by atoms with van der Waals surface area (Å²) in [5.41, 5.74) is 2.93. The van der Waals surface area contributed by atoms with E-state index in [9.17, 15) is 4.79 Å². The highest BCUT2D eigenvalue weighted by atomic mass is 35.5. The lowest BCUT2D eigenvalue weighted by Crippen LogP contribution is -2.27. The van der Waals surface area contributed by atoms with Crippen molar-refractivity contribution in [2.75, 3.05) is 19.8 Å². The number of benzene rings is 2. The molecule has 1 aromatic heterocycles. The molecule has 0 saturated heterocycles. The van der Waals surface area contributed by atoms with Gasteiger partial charge in [-0.15, -0.1) is 11.3 Å². The Morgan fingerprint density at radius 3 is 2.68 bits per heavy atom. The fraction of sp³-hybridized carbons (Fsp3) is 0.273. The van der Waals surface area contributed by atoms with Crippen LogP contribution in [-0.2, 0) is 22.4 Å². The molecule has 1 heterocycles. The molecule has 3 rings (SSSR count). The van der Waals surface area contributed by atoms with Gasteiger partial charge in [-0.25, -0.2) is 4.98 Å². The standard InChI is InChI=1S/C22H23ClN2O2S/c23-20-10-5-4-9-19(20)22-25-18(16-28-22)15-21(26)24-12-6-13-27-14-11-17-7-2-1-3-8-17/h1-5,7-10,16H,6,11-15H2,(H,24,26). The van der Waals surface area contributed by atoms with E-state index in [1.807, 2.05) is 47.8 Å². The molecule has 0 fully saturated rings. The molecule has 6 heteroatoms. The van der Waals surface area contributed by atoms with Crippen molar-refractivity contribution >= 4 is 28.8 Å². The van der Waals surface area contributed by atoms with E-state index in [1.54, 1.807) is 0 Å². The van der Waals surface area contributed by atoms with Crippen LogP contribution in [0.5, 0.6) is 0 Å². The van der Waals surface area contributed by atoms with Gasteiger partial charge >= 0.3 is 0 Å². The van der Waals surface area contributed by atoms with Crippen molar-refractivity contribution in [3.05, 3.63) is 76.3 Å². The van der Waals surface area contributed by atoms with Gasteiger partial charge in [0, 0.05) is 24.1 Å². The van der Waals surface area contributed by atoms with Crippen LogP contribution in [0.3, 0.4) is 0 Å². The summed E-state index contributed by atoms with van der Waals surface area (Å²) in [6, 6.07) is 17.9. The second-order valence-electron chi connectivity index (χ2n) is 6.35. The van der Waals surface area contributed by atoms with Crippen LogP contribution in [0.15, 0.2) is 60.0 Å². The highest BCUT2D eigenvalue weighted by Gasteiger charge is 2.10. The van der Waals surface area contributed by atoms with Crippen molar-refractivity contribution in [3.63, 3.8) is 0 Å². The van der Waals surface area contributed by atoms with Crippen molar-refractivity contribution in [1.82, 2.24) is 10.3 Å². The van der Waals surface area contributed by atoms with Gasteiger partial charge in [-0.2, -0.15) is 0 Å². The number of carbonyl (C=O) groups excluding carboxylic acids is 1. The van der Waals surface area contributed by atoms with Crippen LogP contribution in [-0.4, -0.2) is 30.6 Å². The number of hydrogen-bond donors (Lipinski definition) is 1. The van der Waals surface area contributed by atoms with Crippen molar-refractivity contribution in [2.45, 2.75) is 19.3 Å². The van der Waals surface area contributed by atoms with Crippen LogP contribution in [0, 0.1) is 0 Å². The van der Waals surface area contributed by atoms with Crippen LogP contribution >= 0.6 is 22.9 Å². The summed E-state index contributed by atoms with van der Waals surface area (Å²) < 4.78 is 5.63. The van der Waals surface area contributed by atoms with Gasteiger partial charge in [0.1, 0.15) is 5.01 Å². The molecule has 0 aliphatic heterocycles. The fourth-order valence-electron chi connectivity index (χ4n) is 2.71. The van der Waals surface area contributed by atoms with Crippen LogP contribution in [0.1, 0.15) is 17.7 Å². The maximum absolute atomic E-state index is 12.1. The lowest BCUT2D eigenvalue weighted by Gasteiger charge is -2.06. The number of halogens is 1. The number of carbonyl (C=O) groups is 1. The fourth-order valence-corrected chi connectivity index (χ4v) is 3.85. The summed E-state index contributed by atoms with van der Waals surface area (Å²) in [5, 5.41) is 6.33. The second-order valence-corrected chi connectivity index (χ2v) is 7.62. The molecule has 1 amide bonds. The Bertz CT molecular complexity index is 883. The summed E-state index contributed by atoms with van der Waals surface area (Å²) in [4.78, 5) is 16.6. The number of nitrogens with zero attached hydrogens (tertiary/aromatic N) is 1. The van der Waals surface area contributed by atoms with Gasteiger partial charge in [0.15, 0.2) is 0 Å². The van der Waals surface area contributed by atoms with Gasteiger partial charge in [-0.3, -0.25) is 4.79 Å². The van der Waals surface area contributed by atoms with Crippen LogP contribution in [0.4, 0.5) is 0 Å². The normalized spacial score (nSPS) is 10.8. The van der Waals surface area contributed by atoms with E-state index in [-0.39, 0.29) is 12.3 Å². The number of thiazole rings is 1. The van der Waals surface area contributed by atoms with Crippen LogP contribution in [0.25, 0.3) is 10.6 Å². The molecule has 146 valence electrons. The molecule has 2 aromatic carbocycles. The third-order valence-corrected chi connectivity index (χ3v) is 5.42. The molecule has 0 unspecified atom stereocenters. The molecule has 3 aromatic rings. The molecule has 28 heavy (non-hydrogen) atoms. The number of amides is 1. The zero-order chi connectivity index (χ0) is 19.6. The van der Waals surface area contributed by atoms with E-state index in [1.165, 1.54) is 16.9 Å². The van der Waals surface area contributed by atoms with Gasteiger partial charge in [-0.05, 0) is 24.5 Å². The minimum Gasteiger partial charge on any atom is -0.381 e. The van der Waals surface area contributed by atoms with E-state index in [0.29, 0.717) is 24.8 Å². The second kappa shape index (κ2) is 11.0. The SMILES string of the molecule is O=C(Cc1csc(-c2ccccc2Cl)n1)NCCCOCCc1ccccc1. The Morgan fingerprint density at radius 2 is 1.86 bits per heavy atom. The number of aromatic nitrogens is 1. The van der Waals surface area contributed by atoms with Gasteiger partial charge < -0.3 is 10.1 Å². The predicted molar refractivity (Wildman–Crippen MR) is 115 cm³/mol. The highest BCUT2D eigenvalue weighted by Crippen LogP contribution is 2.30. The van der Waals surface area contributed by atoms with E-state index >= 15 is 0 Å². The first-order valence-electron chi connectivity index (χ1n) is 9.30. The van der Waals surface area contributed by atoms with Gasteiger partial charge in [0.2, 0.25) is 5.91 Å². The van der Waals surface area contributed by atoms with Gasteiger partial charge in [-0.1, -0.05) is 60.1 Å². The average molecular weight is 415 g/mol. The summed E-state index contributed by atoms with van der Waals surface area (Å²) in [5.74, 6) is -0.0275. The van der Waals surface area contributed by atoms with Crippen molar-refractivity contribution in [2.24, 2.45) is 0 Å². The first kappa shape index (κ1) is 20.5. The van der Waals surface area contributed by atoms with E-state index in [4.69, 9.17) is 16.3 Å². The Hall–Kier alpha value is -2.21. The number of ether oxygens (including phenoxy) is 1. The molecule has 4 nitrogen and oxygen atoms in total. The largest absolute Gasteiger partial charge is 0.381 e. The van der Waals surface area contributed by atoms with E-state index in [2.05, 4.69) is 22.4 Å². The van der Waals surface area contributed by atoms with Crippen LogP contribution in [0.2, 0.25) is 5.02 Å². The minimum atomic E-state index is -0.0275. The molecule has 0 aliphatic carbocycles. The summed E-state index contributed by atoms with van der Waals surface area (Å²) >= 11 is 7.70. The Balaban J connectivity index is 1.31. The predicted octanol–water partition coefficient (Wildman–Crippen LogP) is 4.77. The smallest absolute Gasteiger partial charge is 0.226 e. The van der Waals surface area contributed by atoms with Crippen molar-refractivity contribution < 1.29 is 9.53 Å². The zero-order valence-electron chi connectivity index (χ0n) is 15.6. The maximum atomic E-state index is 12.1. The monoisotopic (exact) mass is 414 g/mol. The number of hydrogen-bond acceptors (Lipinski definition) is 4. The topological polar surface area (TPSA) is 51.2 Å². The first-order chi connectivity index (χ1) is 13.7. The molecule has 1 N–H and O–H groups in total. The Labute approximate surface area is 174 Å². The summed E-state index contributed by atoms with van der Waals surface area (Å²) in [6.45, 7) is 1.94. The Morgan fingerprint density at radius 1 is 1.07 bits per heavy atom. The molecule has 0 radical (unpaired) electrons. The minimum absolute atomic E-state index is 0.0275. The summed E-state index contributed by atoms with van der Waals surface area (Å²) in [6.07, 6.45) is 1.98. The third kappa shape index (κ3) is 6.44. The quantitative estimate of drug-likeness (QED) is 0.486. The molecular formula is C22H23ClN2O2S. The molecule has 0 saturated carbocycles. The summed E-state index contributed by atoms with van der Waals surface area (Å²) in [7, 11) is 0. The van der Waals surface area contributed by atoms with Crippen molar-refractivity contribution in [1.29, 1.82) is 0 Å². The molecule has 0 bridgehead atoms. The molecular weight excluding hydrogens is 392 g/mol. The molecule has 0 aliphatic rings. The third-order valence-electron chi connectivity index (χ3n) is 4.16. The molecule has 0 spiro atoms. The van der Waals surface area contributed by atoms with Gasteiger partial charge in [0.25, 0.3) is 0 Å². The van der Waals surface area contributed by atoms with E-state index < -0.39 is 0 Å². The average Bonchev–Trinajstić information content (AvgIpc) is 3.16. The van der Waals surface area contributed by atoms with Gasteiger partial charge in [0.05, 0.1) is 23.7 Å². The number of rotatable bonds is 10. The molecule has 0 atom stereocenters. The first-order valence-corrected chi connectivity index (χ1v) is 10.6. The van der Waals surface area contributed by atoms with Crippen molar-refractivity contribution in [3.8, 4) is 10.6 Å².